The van der Waals surface area contributed by atoms with Crippen LogP contribution >= 0.6 is 0 Å². The van der Waals surface area contributed by atoms with Gasteiger partial charge in [-0.1, -0.05) is 30.3 Å². The Morgan fingerprint density at radius 1 is 1.06 bits per heavy atom. The molecule has 3 heterocycles. The van der Waals surface area contributed by atoms with Gasteiger partial charge in [-0.3, -0.25) is 14.6 Å². The number of carbonyl (C=O) groups is 2. The van der Waals surface area contributed by atoms with Crippen molar-refractivity contribution in [2.45, 2.75) is 31.4 Å². The van der Waals surface area contributed by atoms with E-state index in [9.17, 15) is 18.4 Å². The summed E-state index contributed by atoms with van der Waals surface area (Å²) in [6, 6.07) is 16.8. The first kappa shape index (κ1) is 21.7. The Hall–Kier alpha value is -4.14. The number of pyridine rings is 1. The Labute approximate surface area is 194 Å². The van der Waals surface area contributed by atoms with Gasteiger partial charge in [0.25, 0.3) is 5.91 Å². The fourth-order valence-corrected chi connectivity index (χ4v) is 4.36. The van der Waals surface area contributed by atoms with Crippen molar-refractivity contribution in [2.24, 2.45) is 0 Å². The van der Waals surface area contributed by atoms with Crippen molar-refractivity contribution in [3.63, 3.8) is 0 Å². The molecule has 0 saturated carbocycles. The molecule has 7 nitrogen and oxygen atoms in total. The SMILES string of the molecule is CC(F)(F)C(=O)NC1CC(=O)N(c2ccc3c(cnn3-c3ccncc3)c2)C1c1ccccc1. The first-order chi connectivity index (χ1) is 16.3. The maximum atomic E-state index is 13.6. The standard InChI is InChI=1S/C25H21F2N5O2/c1-25(26,27)24(34)30-20-14-22(33)31(23(20)16-5-3-2-4-6-16)19-7-8-21-17(13-19)15-29-32(21)18-9-11-28-12-10-18/h2-13,15,20,23H,14H2,1H3,(H,30,34). The smallest absolute Gasteiger partial charge is 0.321 e. The minimum Gasteiger partial charge on any atom is -0.345 e. The Bertz CT molecular complexity index is 1350. The average Bonchev–Trinajstić information content (AvgIpc) is 3.39. The Morgan fingerprint density at radius 3 is 2.50 bits per heavy atom. The summed E-state index contributed by atoms with van der Waals surface area (Å²) >= 11 is 0. The second-order valence-corrected chi connectivity index (χ2v) is 8.30. The van der Waals surface area contributed by atoms with Crippen molar-refractivity contribution in [3.05, 3.63) is 84.8 Å². The van der Waals surface area contributed by atoms with Gasteiger partial charge in [0.15, 0.2) is 0 Å². The highest BCUT2D eigenvalue weighted by molar-refractivity contribution is 6.00. The quantitative estimate of drug-likeness (QED) is 0.487. The summed E-state index contributed by atoms with van der Waals surface area (Å²) in [6.45, 7) is 0.544. The number of rotatable bonds is 5. The number of hydrogen-bond donors (Lipinski definition) is 1. The number of alkyl halides is 2. The van der Waals surface area contributed by atoms with Crippen LogP contribution in [-0.2, 0) is 9.59 Å². The Kier molecular flexibility index (Phi) is 5.31. The van der Waals surface area contributed by atoms with Crippen LogP contribution in [0.25, 0.3) is 16.6 Å². The number of hydrogen-bond acceptors (Lipinski definition) is 4. The molecule has 2 aromatic carbocycles. The predicted molar refractivity (Wildman–Crippen MR) is 123 cm³/mol. The lowest BCUT2D eigenvalue weighted by Crippen LogP contribution is -2.46. The van der Waals surface area contributed by atoms with E-state index in [0.717, 1.165) is 22.2 Å². The van der Waals surface area contributed by atoms with Crippen LogP contribution in [0.4, 0.5) is 14.5 Å². The van der Waals surface area contributed by atoms with Gasteiger partial charge in [-0.15, -0.1) is 0 Å². The zero-order valence-electron chi connectivity index (χ0n) is 18.2. The first-order valence-corrected chi connectivity index (χ1v) is 10.8. The van der Waals surface area contributed by atoms with Gasteiger partial charge in [0.05, 0.1) is 29.5 Å². The average molecular weight is 461 g/mol. The monoisotopic (exact) mass is 461 g/mol. The minimum absolute atomic E-state index is 0.0876. The van der Waals surface area contributed by atoms with Crippen LogP contribution in [0.2, 0.25) is 0 Å². The lowest BCUT2D eigenvalue weighted by Gasteiger charge is -2.29. The number of nitrogens with one attached hydrogen (secondary N) is 1. The minimum atomic E-state index is -3.54. The normalized spacial score (nSPS) is 18.4. The number of aromatic nitrogens is 3. The van der Waals surface area contributed by atoms with E-state index in [2.05, 4.69) is 15.4 Å². The van der Waals surface area contributed by atoms with Gasteiger partial charge in [0, 0.05) is 36.8 Å². The number of nitrogens with zero attached hydrogens (tertiary/aromatic N) is 4. The summed E-state index contributed by atoms with van der Waals surface area (Å²) in [5.74, 6) is -5.21. The zero-order valence-corrected chi connectivity index (χ0v) is 18.2. The zero-order chi connectivity index (χ0) is 23.9. The number of fused-ring (bicyclic) bond motifs is 1. The molecule has 1 fully saturated rings. The van der Waals surface area contributed by atoms with Gasteiger partial charge in [0.1, 0.15) is 0 Å². The molecule has 5 rings (SSSR count). The van der Waals surface area contributed by atoms with E-state index in [4.69, 9.17) is 0 Å². The first-order valence-electron chi connectivity index (χ1n) is 10.8. The predicted octanol–water partition coefficient (Wildman–Crippen LogP) is 4.04. The third-order valence-corrected chi connectivity index (χ3v) is 5.92. The number of halogens is 2. The van der Waals surface area contributed by atoms with Crippen molar-refractivity contribution < 1.29 is 18.4 Å². The van der Waals surface area contributed by atoms with Gasteiger partial charge >= 0.3 is 5.92 Å². The molecule has 9 heteroatoms. The molecular weight excluding hydrogens is 440 g/mol. The maximum Gasteiger partial charge on any atom is 0.321 e. The molecule has 0 bridgehead atoms. The molecule has 1 aliphatic rings. The van der Waals surface area contributed by atoms with Crippen molar-refractivity contribution >= 4 is 28.4 Å². The molecule has 34 heavy (non-hydrogen) atoms. The highest BCUT2D eigenvalue weighted by atomic mass is 19.3. The molecule has 0 aliphatic carbocycles. The number of benzene rings is 2. The molecule has 2 amide bonds. The van der Waals surface area contributed by atoms with Crippen molar-refractivity contribution in [2.75, 3.05) is 4.90 Å². The van der Waals surface area contributed by atoms with Gasteiger partial charge in [-0.2, -0.15) is 13.9 Å². The molecule has 1 aliphatic heterocycles. The fraction of sp³-hybridized carbons (Fsp3) is 0.200. The van der Waals surface area contributed by atoms with Crippen molar-refractivity contribution in [1.29, 1.82) is 0 Å². The van der Waals surface area contributed by atoms with E-state index in [1.165, 1.54) is 0 Å². The highest BCUT2D eigenvalue weighted by Gasteiger charge is 2.45. The lowest BCUT2D eigenvalue weighted by atomic mass is 9.99. The van der Waals surface area contributed by atoms with E-state index in [1.807, 2.05) is 54.6 Å². The van der Waals surface area contributed by atoms with Crippen LogP contribution < -0.4 is 10.2 Å². The van der Waals surface area contributed by atoms with E-state index in [0.29, 0.717) is 12.6 Å². The molecule has 2 aromatic heterocycles. The second kappa shape index (κ2) is 8.33. The van der Waals surface area contributed by atoms with Crippen LogP contribution in [-0.4, -0.2) is 38.5 Å². The lowest BCUT2D eigenvalue weighted by molar-refractivity contribution is -0.143. The van der Waals surface area contributed by atoms with Gasteiger partial charge in [-0.05, 0) is 35.9 Å². The van der Waals surface area contributed by atoms with Crippen LogP contribution in [0.5, 0.6) is 0 Å². The van der Waals surface area contributed by atoms with Crippen LogP contribution in [0, 0.1) is 0 Å². The van der Waals surface area contributed by atoms with Gasteiger partial charge in [-0.25, -0.2) is 4.68 Å². The summed E-state index contributed by atoms with van der Waals surface area (Å²) in [4.78, 5) is 30.8. The molecular formula is C25H21F2N5O2. The van der Waals surface area contributed by atoms with Crippen molar-refractivity contribution in [1.82, 2.24) is 20.1 Å². The van der Waals surface area contributed by atoms with E-state index in [-0.39, 0.29) is 12.3 Å². The largest absolute Gasteiger partial charge is 0.345 e. The third-order valence-electron chi connectivity index (χ3n) is 5.92. The third kappa shape index (κ3) is 3.89. The van der Waals surface area contributed by atoms with E-state index in [1.54, 1.807) is 34.2 Å². The number of amides is 2. The van der Waals surface area contributed by atoms with Gasteiger partial charge in [0.2, 0.25) is 5.91 Å². The van der Waals surface area contributed by atoms with E-state index < -0.39 is 23.9 Å². The molecule has 4 aromatic rings. The Morgan fingerprint density at radius 2 is 1.79 bits per heavy atom. The van der Waals surface area contributed by atoms with Gasteiger partial charge < -0.3 is 10.2 Å². The summed E-state index contributed by atoms with van der Waals surface area (Å²) in [5, 5.41) is 7.65. The molecule has 0 radical (unpaired) electrons. The Balaban J connectivity index is 1.54. The molecule has 2 atom stereocenters. The maximum absolute atomic E-state index is 13.6. The summed E-state index contributed by atoms with van der Waals surface area (Å²) < 4.78 is 29.0. The molecule has 2 unspecified atom stereocenters. The number of carbonyl (C=O) groups excluding carboxylic acids is 2. The molecule has 1 saturated heterocycles. The molecule has 172 valence electrons. The highest BCUT2D eigenvalue weighted by Crippen LogP contribution is 2.39. The van der Waals surface area contributed by atoms with E-state index >= 15 is 0 Å². The molecule has 0 spiro atoms. The van der Waals surface area contributed by atoms with Crippen molar-refractivity contribution in [3.8, 4) is 5.69 Å². The molecule has 1 N–H and O–H groups in total. The fourth-order valence-electron chi connectivity index (χ4n) is 4.36. The topological polar surface area (TPSA) is 80.1 Å². The van der Waals surface area contributed by atoms with Crippen LogP contribution in [0.1, 0.15) is 24.9 Å². The van der Waals surface area contributed by atoms with Crippen LogP contribution in [0.15, 0.2) is 79.3 Å². The van der Waals surface area contributed by atoms with Crippen LogP contribution in [0.3, 0.4) is 0 Å². The summed E-state index contributed by atoms with van der Waals surface area (Å²) in [7, 11) is 0. The second-order valence-electron chi connectivity index (χ2n) is 8.30. The summed E-state index contributed by atoms with van der Waals surface area (Å²) in [5.41, 5.74) is 3.03. The summed E-state index contributed by atoms with van der Waals surface area (Å²) in [6.07, 6.45) is 4.97. The number of anilines is 1.